The number of phenolic OH excluding ortho intramolecular Hbond substituents is 1. The minimum atomic E-state index is 0.298. The predicted molar refractivity (Wildman–Crippen MR) is 74.5 cm³/mol. The number of nitrogens with zero attached hydrogens (tertiary/aromatic N) is 2. The molecular formula is C15H18N2O. The number of phenols is 1. The van der Waals surface area contributed by atoms with Gasteiger partial charge in [-0.3, -0.25) is 0 Å². The summed E-state index contributed by atoms with van der Waals surface area (Å²) < 4.78 is 1.86. The molecule has 18 heavy (non-hydrogen) atoms. The first kappa shape index (κ1) is 12.4. The summed E-state index contributed by atoms with van der Waals surface area (Å²) in [6.45, 7) is 7.92. The second kappa shape index (κ2) is 4.69. The molecule has 0 spiro atoms. The van der Waals surface area contributed by atoms with Crippen molar-refractivity contribution in [1.29, 1.82) is 0 Å². The molecule has 0 aliphatic rings. The molecule has 0 aliphatic heterocycles. The van der Waals surface area contributed by atoms with Crippen LogP contribution in [0.4, 0.5) is 0 Å². The van der Waals surface area contributed by atoms with Crippen LogP contribution in [0.1, 0.15) is 28.1 Å². The van der Waals surface area contributed by atoms with E-state index in [1.54, 1.807) is 6.21 Å². The predicted octanol–water partition coefficient (Wildman–Crippen LogP) is 3.31. The Balaban J connectivity index is 2.41. The molecule has 0 saturated heterocycles. The van der Waals surface area contributed by atoms with E-state index in [0.717, 1.165) is 28.1 Å². The molecule has 3 nitrogen and oxygen atoms in total. The fourth-order valence-electron chi connectivity index (χ4n) is 2.05. The Morgan fingerprint density at radius 2 is 1.67 bits per heavy atom. The summed E-state index contributed by atoms with van der Waals surface area (Å²) in [5.74, 6) is 0.298. The van der Waals surface area contributed by atoms with Crippen molar-refractivity contribution in [2.24, 2.45) is 5.10 Å². The monoisotopic (exact) mass is 242 g/mol. The third kappa shape index (κ3) is 2.30. The van der Waals surface area contributed by atoms with E-state index in [9.17, 15) is 5.11 Å². The van der Waals surface area contributed by atoms with Gasteiger partial charge in [0.05, 0.1) is 6.21 Å². The fourth-order valence-corrected chi connectivity index (χ4v) is 2.05. The zero-order valence-corrected chi connectivity index (χ0v) is 11.2. The van der Waals surface area contributed by atoms with Gasteiger partial charge in [0.15, 0.2) is 0 Å². The van der Waals surface area contributed by atoms with Crippen LogP contribution in [0.3, 0.4) is 0 Å². The molecule has 1 aromatic carbocycles. The van der Waals surface area contributed by atoms with Crippen LogP contribution in [0, 0.1) is 27.7 Å². The quantitative estimate of drug-likeness (QED) is 0.806. The van der Waals surface area contributed by atoms with Crippen LogP contribution in [0.15, 0.2) is 29.4 Å². The topological polar surface area (TPSA) is 37.5 Å². The van der Waals surface area contributed by atoms with Crippen LogP contribution in [-0.4, -0.2) is 16.0 Å². The second-order valence-corrected chi connectivity index (χ2v) is 4.69. The van der Waals surface area contributed by atoms with Crippen molar-refractivity contribution in [2.45, 2.75) is 27.7 Å². The zero-order chi connectivity index (χ0) is 13.3. The first-order valence-corrected chi connectivity index (χ1v) is 5.98. The van der Waals surface area contributed by atoms with E-state index in [-0.39, 0.29) is 0 Å². The third-order valence-corrected chi connectivity index (χ3v) is 3.02. The summed E-state index contributed by atoms with van der Waals surface area (Å²) in [6.07, 6.45) is 1.70. The molecule has 0 fully saturated rings. The molecule has 2 rings (SSSR count). The van der Waals surface area contributed by atoms with E-state index in [0.29, 0.717) is 5.75 Å². The van der Waals surface area contributed by atoms with E-state index >= 15 is 0 Å². The lowest BCUT2D eigenvalue weighted by Crippen LogP contribution is -1.96. The Bertz CT molecular complexity index is 590. The molecule has 3 heteroatoms. The van der Waals surface area contributed by atoms with Gasteiger partial charge >= 0.3 is 0 Å². The van der Waals surface area contributed by atoms with Crippen molar-refractivity contribution in [3.8, 4) is 5.75 Å². The van der Waals surface area contributed by atoms with Crippen molar-refractivity contribution in [3.63, 3.8) is 0 Å². The summed E-state index contributed by atoms with van der Waals surface area (Å²) in [5.41, 5.74) is 4.89. The minimum Gasteiger partial charge on any atom is -0.507 e. The third-order valence-electron chi connectivity index (χ3n) is 3.02. The first-order chi connectivity index (χ1) is 8.49. The average Bonchev–Trinajstić information content (AvgIpc) is 2.62. The fraction of sp³-hybridized carbons (Fsp3) is 0.267. The molecule has 0 bridgehead atoms. The lowest BCUT2D eigenvalue weighted by molar-refractivity contribution is 0.470. The molecule has 1 N–H and O–H groups in total. The molecule has 0 atom stereocenters. The summed E-state index contributed by atoms with van der Waals surface area (Å²) >= 11 is 0. The molecule has 0 radical (unpaired) electrons. The van der Waals surface area contributed by atoms with Crippen molar-refractivity contribution >= 4 is 6.21 Å². The van der Waals surface area contributed by atoms with Gasteiger partial charge in [0.25, 0.3) is 0 Å². The Labute approximate surface area is 107 Å². The second-order valence-electron chi connectivity index (χ2n) is 4.69. The summed E-state index contributed by atoms with van der Waals surface area (Å²) in [6, 6.07) is 7.93. The largest absolute Gasteiger partial charge is 0.507 e. The van der Waals surface area contributed by atoms with Gasteiger partial charge in [0.1, 0.15) is 5.75 Å². The summed E-state index contributed by atoms with van der Waals surface area (Å²) in [7, 11) is 0. The van der Waals surface area contributed by atoms with Gasteiger partial charge in [-0.05, 0) is 57.0 Å². The highest BCUT2D eigenvalue weighted by Crippen LogP contribution is 2.22. The molecule has 0 aliphatic carbocycles. The van der Waals surface area contributed by atoms with Crippen molar-refractivity contribution < 1.29 is 5.11 Å². The van der Waals surface area contributed by atoms with Crippen LogP contribution >= 0.6 is 0 Å². The average molecular weight is 242 g/mol. The molecule has 0 amide bonds. The number of aromatic hydroxyl groups is 1. The van der Waals surface area contributed by atoms with Crippen molar-refractivity contribution in [1.82, 2.24) is 4.68 Å². The van der Waals surface area contributed by atoms with E-state index in [2.05, 4.69) is 5.10 Å². The number of aryl methyl sites for hydroxylation is 4. The van der Waals surface area contributed by atoms with Crippen molar-refractivity contribution in [3.05, 3.63) is 52.3 Å². The highest BCUT2D eigenvalue weighted by atomic mass is 16.3. The smallest absolute Gasteiger partial charge is 0.127 e. The van der Waals surface area contributed by atoms with Crippen LogP contribution in [0.2, 0.25) is 0 Å². The Morgan fingerprint density at radius 1 is 1.06 bits per heavy atom. The maximum Gasteiger partial charge on any atom is 0.127 e. The van der Waals surface area contributed by atoms with Crippen molar-refractivity contribution in [2.75, 3.05) is 0 Å². The molecule has 1 aromatic heterocycles. The Hall–Kier alpha value is -2.03. The first-order valence-electron chi connectivity index (χ1n) is 5.98. The standard InChI is InChI=1S/C15H18N2O/c1-10-7-11(2)15(18)14(8-10)9-16-17-12(3)5-6-13(17)4/h5-9,18H,1-4H3/b16-9-. The molecule has 0 saturated carbocycles. The SMILES string of the molecule is Cc1cc(C)c(O)c(/C=N\n2c(C)ccc2C)c1. The molecule has 1 heterocycles. The molecule has 0 unspecified atom stereocenters. The highest BCUT2D eigenvalue weighted by Gasteiger charge is 2.04. The Morgan fingerprint density at radius 3 is 2.28 bits per heavy atom. The lowest BCUT2D eigenvalue weighted by Gasteiger charge is -2.06. The number of hydrogen-bond acceptors (Lipinski definition) is 2. The van der Waals surface area contributed by atoms with Crippen LogP contribution < -0.4 is 0 Å². The van der Waals surface area contributed by atoms with E-state index in [1.807, 2.05) is 56.6 Å². The molecule has 94 valence electrons. The van der Waals surface area contributed by atoms with E-state index < -0.39 is 0 Å². The maximum absolute atomic E-state index is 9.99. The number of hydrogen-bond donors (Lipinski definition) is 1. The lowest BCUT2D eigenvalue weighted by atomic mass is 10.1. The van der Waals surface area contributed by atoms with Gasteiger partial charge in [-0.15, -0.1) is 0 Å². The number of rotatable bonds is 2. The van der Waals surface area contributed by atoms with Crippen LogP contribution in [0.25, 0.3) is 0 Å². The highest BCUT2D eigenvalue weighted by molar-refractivity contribution is 5.84. The van der Waals surface area contributed by atoms with E-state index in [1.165, 1.54) is 0 Å². The summed E-state index contributed by atoms with van der Waals surface area (Å²) in [4.78, 5) is 0. The van der Waals surface area contributed by atoms with Crippen LogP contribution in [-0.2, 0) is 0 Å². The number of benzene rings is 1. The normalized spacial score (nSPS) is 11.3. The van der Waals surface area contributed by atoms with Gasteiger partial charge < -0.3 is 5.11 Å². The maximum atomic E-state index is 9.99. The minimum absolute atomic E-state index is 0.298. The van der Waals surface area contributed by atoms with Gasteiger partial charge in [0, 0.05) is 17.0 Å². The summed E-state index contributed by atoms with van der Waals surface area (Å²) in [5, 5.41) is 14.4. The van der Waals surface area contributed by atoms with Crippen LogP contribution in [0.5, 0.6) is 5.75 Å². The van der Waals surface area contributed by atoms with Gasteiger partial charge in [-0.2, -0.15) is 5.10 Å². The molecule has 2 aromatic rings. The van der Waals surface area contributed by atoms with Gasteiger partial charge in [-0.25, -0.2) is 4.68 Å². The molecular weight excluding hydrogens is 224 g/mol. The Kier molecular flexibility index (Phi) is 3.24. The number of aromatic nitrogens is 1. The van der Waals surface area contributed by atoms with Gasteiger partial charge in [0.2, 0.25) is 0 Å². The zero-order valence-electron chi connectivity index (χ0n) is 11.2. The van der Waals surface area contributed by atoms with Gasteiger partial charge in [-0.1, -0.05) is 6.07 Å². The van der Waals surface area contributed by atoms with E-state index in [4.69, 9.17) is 0 Å².